The third-order valence-corrected chi connectivity index (χ3v) is 3.25. The van der Waals surface area contributed by atoms with Crippen LogP contribution in [0.25, 0.3) is 0 Å². The molecule has 2 aromatic rings. The second kappa shape index (κ2) is 7.06. The van der Waals surface area contributed by atoms with Gasteiger partial charge in [0.1, 0.15) is 11.6 Å². The summed E-state index contributed by atoms with van der Waals surface area (Å²) in [5, 5.41) is 13.1. The summed E-state index contributed by atoms with van der Waals surface area (Å²) >= 11 is 5.61. The molecule has 2 rings (SSSR count). The summed E-state index contributed by atoms with van der Waals surface area (Å²) in [6, 6.07) is 7.85. The fraction of sp³-hybridized carbons (Fsp3) is 0.133. The number of nitrogens with zero attached hydrogens (tertiary/aromatic N) is 1. The van der Waals surface area contributed by atoms with Gasteiger partial charge in [-0.25, -0.2) is 4.39 Å². The molecule has 0 aliphatic carbocycles. The number of non-ortho nitro benzene ring substituents is 1. The van der Waals surface area contributed by atoms with Gasteiger partial charge in [0.25, 0.3) is 11.6 Å². The van der Waals surface area contributed by atoms with Crippen LogP contribution in [0.1, 0.15) is 5.56 Å². The van der Waals surface area contributed by atoms with E-state index < -0.39 is 16.6 Å². The van der Waals surface area contributed by atoms with Crippen LogP contribution in [0, 0.1) is 22.9 Å². The molecule has 0 atom stereocenters. The Hall–Kier alpha value is -2.67. The standard InChI is InChI=1S/C15H12ClFN2O4/c1-9-6-10(19(21)22)2-5-14(9)18-15(20)8-23-11-3-4-13(17)12(16)7-11/h2-7H,8H2,1H3,(H,18,20). The number of amides is 1. The Morgan fingerprint density at radius 2 is 2.09 bits per heavy atom. The van der Waals surface area contributed by atoms with Crippen LogP contribution >= 0.6 is 11.6 Å². The lowest BCUT2D eigenvalue weighted by Gasteiger charge is -2.10. The number of carbonyl (C=O) groups excluding carboxylic acids is 1. The van der Waals surface area contributed by atoms with Crippen LogP contribution in [0.15, 0.2) is 36.4 Å². The molecule has 0 aliphatic heterocycles. The zero-order chi connectivity index (χ0) is 17.0. The van der Waals surface area contributed by atoms with Gasteiger partial charge in [0.05, 0.1) is 9.95 Å². The predicted molar refractivity (Wildman–Crippen MR) is 83.4 cm³/mol. The number of hydrogen-bond donors (Lipinski definition) is 1. The van der Waals surface area contributed by atoms with E-state index in [9.17, 15) is 19.3 Å². The number of anilines is 1. The minimum atomic E-state index is -0.579. The van der Waals surface area contributed by atoms with Gasteiger partial charge in [0.2, 0.25) is 0 Å². The highest BCUT2D eigenvalue weighted by molar-refractivity contribution is 6.30. The van der Waals surface area contributed by atoms with Crippen molar-refractivity contribution in [1.82, 2.24) is 0 Å². The Bertz CT molecular complexity index is 767. The molecule has 2 aromatic carbocycles. The minimum absolute atomic E-state index is 0.0577. The van der Waals surface area contributed by atoms with Crippen molar-refractivity contribution in [3.8, 4) is 5.75 Å². The molecule has 1 amide bonds. The lowest BCUT2D eigenvalue weighted by Crippen LogP contribution is -2.20. The van der Waals surface area contributed by atoms with Crippen LogP contribution in [0.5, 0.6) is 5.75 Å². The van der Waals surface area contributed by atoms with Crippen molar-refractivity contribution in [2.75, 3.05) is 11.9 Å². The maximum atomic E-state index is 13.0. The van der Waals surface area contributed by atoms with Gasteiger partial charge in [0, 0.05) is 23.9 Å². The molecule has 0 spiro atoms. The number of ether oxygens (including phenoxy) is 1. The Balaban J connectivity index is 1.97. The van der Waals surface area contributed by atoms with Gasteiger partial charge in [-0.2, -0.15) is 0 Å². The predicted octanol–water partition coefficient (Wildman–Crippen LogP) is 3.71. The van der Waals surface area contributed by atoms with Crippen molar-refractivity contribution < 1.29 is 18.8 Å². The van der Waals surface area contributed by atoms with Gasteiger partial charge in [0.15, 0.2) is 6.61 Å². The van der Waals surface area contributed by atoms with Crippen LogP contribution in [-0.4, -0.2) is 17.4 Å². The number of aryl methyl sites for hydroxylation is 1. The molecule has 8 heteroatoms. The zero-order valence-corrected chi connectivity index (χ0v) is 12.8. The highest BCUT2D eigenvalue weighted by atomic mass is 35.5. The summed E-state index contributed by atoms with van der Waals surface area (Å²) in [5.74, 6) is -0.778. The van der Waals surface area contributed by atoms with Gasteiger partial charge in [-0.15, -0.1) is 0 Å². The first kappa shape index (κ1) is 16.7. The van der Waals surface area contributed by atoms with E-state index in [0.717, 1.165) is 6.07 Å². The van der Waals surface area contributed by atoms with E-state index in [1.54, 1.807) is 6.92 Å². The van der Waals surface area contributed by atoms with Crippen molar-refractivity contribution in [2.24, 2.45) is 0 Å². The number of hydrogen-bond acceptors (Lipinski definition) is 4. The second-order valence-electron chi connectivity index (χ2n) is 4.67. The summed E-state index contributed by atoms with van der Waals surface area (Å²) in [4.78, 5) is 22.0. The third-order valence-electron chi connectivity index (χ3n) is 2.96. The van der Waals surface area contributed by atoms with E-state index >= 15 is 0 Å². The van der Waals surface area contributed by atoms with Crippen LogP contribution in [0.2, 0.25) is 5.02 Å². The molecule has 23 heavy (non-hydrogen) atoms. The summed E-state index contributed by atoms with van der Waals surface area (Å²) in [6.07, 6.45) is 0. The first-order valence-electron chi connectivity index (χ1n) is 6.49. The van der Waals surface area contributed by atoms with Crippen LogP contribution in [0.3, 0.4) is 0 Å². The number of nitro groups is 1. The second-order valence-corrected chi connectivity index (χ2v) is 5.08. The summed E-state index contributed by atoms with van der Waals surface area (Å²) < 4.78 is 18.2. The fourth-order valence-electron chi connectivity index (χ4n) is 1.80. The smallest absolute Gasteiger partial charge is 0.269 e. The maximum Gasteiger partial charge on any atom is 0.269 e. The summed E-state index contributed by atoms with van der Waals surface area (Å²) in [5.41, 5.74) is 0.941. The van der Waals surface area contributed by atoms with Gasteiger partial charge < -0.3 is 10.1 Å². The van der Waals surface area contributed by atoms with E-state index in [0.29, 0.717) is 11.3 Å². The number of nitro benzene ring substituents is 1. The highest BCUT2D eigenvalue weighted by Crippen LogP contribution is 2.22. The Labute approximate surface area is 136 Å². The summed E-state index contributed by atoms with van der Waals surface area (Å²) in [7, 11) is 0. The molecule has 0 saturated heterocycles. The molecule has 0 heterocycles. The molecule has 0 fully saturated rings. The Morgan fingerprint density at radius 3 is 2.70 bits per heavy atom. The van der Waals surface area contributed by atoms with Crippen LogP contribution < -0.4 is 10.1 Å². The quantitative estimate of drug-likeness (QED) is 0.665. The number of carbonyl (C=O) groups is 1. The molecule has 0 aromatic heterocycles. The van der Waals surface area contributed by atoms with Crippen LogP contribution in [0.4, 0.5) is 15.8 Å². The lowest BCUT2D eigenvalue weighted by atomic mass is 10.2. The maximum absolute atomic E-state index is 13.0. The van der Waals surface area contributed by atoms with E-state index in [1.165, 1.54) is 30.3 Å². The van der Waals surface area contributed by atoms with Crippen LogP contribution in [-0.2, 0) is 4.79 Å². The summed E-state index contributed by atoms with van der Waals surface area (Å²) in [6.45, 7) is 1.33. The lowest BCUT2D eigenvalue weighted by molar-refractivity contribution is -0.384. The number of benzene rings is 2. The molecule has 1 N–H and O–H groups in total. The molecule has 0 unspecified atom stereocenters. The normalized spacial score (nSPS) is 10.2. The molecule has 0 bridgehead atoms. The number of halogens is 2. The molecule has 0 saturated carbocycles. The van der Waals surface area contributed by atoms with Gasteiger partial charge >= 0.3 is 0 Å². The Morgan fingerprint density at radius 1 is 1.35 bits per heavy atom. The van der Waals surface area contributed by atoms with Crippen molar-refractivity contribution in [3.05, 3.63) is 62.9 Å². The van der Waals surface area contributed by atoms with E-state index in [1.807, 2.05) is 0 Å². The van der Waals surface area contributed by atoms with E-state index in [4.69, 9.17) is 16.3 Å². The topological polar surface area (TPSA) is 81.5 Å². The van der Waals surface area contributed by atoms with Crippen molar-refractivity contribution in [3.63, 3.8) is 0 Å². The number of rotatable bonds is 5. The van der Waals surface area contributed by atoms with Gasteiger partial charge in [-0.3, -0.25) is 14.9 Å². The van der Waals surface area contributed by atoms with Gasteiger partial charge in [-0.05, 0) is 30.7 Å². The largest absolute Gasteiger partial charge is 0.484 e. The molecular formula is C15H12ClFN2O4. The third kappa shape index (κ3) is 4.40. The zero-order valence-electron chi connectivity index (χ0n) is 12.0. The highest BCUT2D eigenvalue weighted by Gasteiger charge is 2.11. The first-order chi connectivity index (χ1) is 10.9. The molecule has 0 radical (unpaired) electrons. The molecule has 0 aliphatic rings. The first-order valence-corrected chi connectivity index (χ1v) is 6.87. The molecular weight excluding hydrogens is 327 g/mol. The average Bonchev–Trinajstić information content (AvgIpc) is 2.50. The van der Waals surface area contributed by atoms with Crippen molar-refractivity contribution in [2.45, 2.75) is 6.92 Å². The fourth-order valence-corrected chi connectivity index (χ4v) is 1.97. The molecule has 6 nitrogen and oxygen atoms in total. The van der Waals surface area contributed by atoms with E-state index in [-0.39, 0.29) is 23.1 Å². The molecule has 120 valence electrons. The van der Waals surface area contributed by atoms with Crippen molar-refractivity contribution in [1.29, 1.82) is 0 Å². The van der Waals surface area contributed by atoms with E-state index in [2.05, 4.69) is 5.32 Å². The SMILES string of the molecule is Cc1cc([N+](=O)[O-])ccc1NC(=O)COc1ccc(F)c(Cl)c1. The minimum Gasteiger partial charge on any atom is -0.484 e. The van der Waals surface area contributed by atoms with Gasteiger partial charge in [-0.1, -0.05) is 11.6 Å². The van der Waals surface area contributed by atoms with Crippen molar-refractivity contribution >= 4 is 28.9 Å². The monoisotopic (exact) mass is 338 g/mol. The average molecular weight is 339 g/mol. The number of nitrogens with one attached hydrogen (secondary N) is 1. The Kier molecular flexibility index (Phi) is 5.13.